The van der Waals surface area contributed by atoms with E-state index < -0.39 is 0 Å². The first-order valence-electron chi connectivity index (χ1n) is 13.7. The lowest BCUT2D eigenvalue weighted by atomic mass is 10.2. The standard InChI is InChI=1S/C6H12O.C6H14O.C5H12O.C5H12.C4H10O.C3H8O/c1-3-6(7-2)4-5-6;1-3-4-5-6-7-2;1-4-5(2)6-3;1-4-5(2)3;1-3-4-5-2;1-3-4-2/h3-5H2,1-2H3;3-6H2,1-2H3;5H,4H2,1-3H3;5H,4H2,1-3H3;3-4H2,1-2H3;3H2,1-2H3. The Morgan fingerprint density at radius 3 is 1.21 bits per heavy atom. The van der Waals surface area contributed by atoms with Crippen LogP contribution in [0.2, 0.25) is 0 Å². The van der Waals surface area contributed by atoms with Gasteiger partial charge < -0.3 is 23.7 Å². The SMILES string of the molecule is CCC(C)C.CCC(C)OC.CCC1(OC)CC1.CCCCCOC.CCCOC.CCOC. The second kappa shape index (κ2) is 40.0. The largest absolute Gasteiger partial charge is 0.385 e. The number of rotatable bonds is 12. The van der Waals surface area contributed by atoms with Crippen LogP contribution in [0, 0.1) is 5.92 Å². The fourth-order valence-corrected chi connectivity index (χ4v) is 1.71. The molecular formula is C29H68O5. The second-order valence-corrected chi connectivity index (χ2v) is 8.77. The van der Waals surface area contributed by atoms with Crippen LogP contribution in [-0.2, 0) is 23.7 Å². The first-order valence-corrected chi connectivity index (χ1v) is 13.7. The van der Waals surface area contributed by atoms with Gasteiger partial charge in [-0.3, -0.25) is 0 Å². The van der Waals surface area contributed by atoms with Crippen molar-refractivity contribution in [3.63, 3.8) is 0 Å². The average Bonchev–Trinajstić information content (AvgIpc) is 3.67. The third-order valence-electron chi connectivity index (χ3n) is 5.33. The zero-order valence-corrected chi connectivity index (χ0v) is 26.2. The number of hydrogen-bond donors (Lipinski definition) is 0. The minimum Gasteiger partial charge on any atom is -0.385 e. The van der Waals surface area contributed by atoms with Crippen LogP contribution in [-0.4, -0.2) is 67.1 Å². The molecule has 214 valence electrons. The Morgan fingerprint density at radius 2 is 1.12 bits per heavy atom. The van der Waals surface area contributed by atoms with Gasteiger partial charge in [-0.05, 0) is 58.3 Å². The maximum atomic E-state index is 5.20. The summed E-state index contributed by atoms with van der Waals surface area (Å²) in [5.41, 5.74) is 0.333. The fraction of sp³-hybridized carbons (Fsp3) is 1.00. The van der Waals surface area contributed by atoms with Gasteiger partial charge in [-0.25, -0.2) is 0 Å². The molecule has 0 aromatic carbocycles. The van der Waals surface area contributed by atoms with Crippen molar-refractivity contribution < 1.29 is 23.7 Å². The summed E-state index contributed by atoms with van der Waals surface area (Å²) in [5.74, 6) is 0.884. The van der Waals surface area contributed by atoms with Crippen LogP contribution >= 0.6 is 0 Å². The van der Waals surface area contributed by atoms with Crippen LogP contribution in [0.1, 0.15) is 120 Å². The topological polar surface area (TPSA) is 46.2 Å². The highest BCUT2D eigenvalue weighted by Crippen LogP contribution is 2.41. The number of ether oxygens (including phenoxy) is 5. The van der Waals surface area contributed by atoms with E-state index >= 15 is 0 Å². The Balaban J connectivity index is -0.000000100. The zero-order chi connectivity index (χ0) is 27.7. The predicted octanol–water partition coefficient (Wildman–Crippen LogP) is 8.58. The molecule has 0 amide bonds. The third kappa shape index (κ3) is 53.3. The van der Waals surface area contributed by atoms with Crippen molar-refractivity contribution in [1.29, 1.82) is 0 Å². The van der Waals surface area contributed by atoms with E-state index in [1.165, 1.54) is 44.9 Å². The minimum absolute atomic E-state index is 0.333. The van der Waals surface area contributed by atoms with Crippen molar-refractivity contribution in [2.75, 3.05) is 55.4 Å². The molecule has 1 rings (SSSR count). The minimum atomic E-state index is 0.333. The Morgan fingerprint density at radius 1 is 0.647 bits per heavy atom. The number of methoxy groups -OCH3 is 5. The molecule has 0 radical (unpaired) electrons. The van der Waals surface area contributed by atoms with Gasteiger partial charge in [0.15, 0.2) is 0 Å². The average molecular weight is 497 g/mol. The number of hydrogen-bond acceptors (Lipinski definition) is 5. The van der Waals surface area contributed by atoms with Crippen molar-refractivity contribution in [3.8, 4) is 0 Å². The van der Waals surface area contributed by atoms with E-state index in [4.69, 9.17) is 18.9 Å². The lowest BCUT2D eigenvalue weighted by Crippen LogP contribution is -2.07. The van der Waals surface area contributed by atoms with E-state index in [0.717, 1.165) is 38.6 Å². The fourth-order valence-electron chi connectivity index (χ4n) is 1.71. The predicted molar refractivity (Wildman–Crippen MR) is 152 cm³/mol. The number of unbranched alkanes of at least 4 members (excludes halogenated alkanes) is 2. The molecule has 0 aromatic rings. The summed E-state index contributed by atoms with van der Waals surface area (Å²) in [4.78, 5) is 0. The molecule has 0 spiro atoms. The van der Waals surface area contributed by atoms with Gasteiger partial charge in [-0.15, -0.1) is 0 Å². The lowest BCUT2D eigenvalue weighted by molar-refractivity contribution is 0.0772. The Kier molecular flexibility index (Phi) is 51.6. The van der Waals surface area contributed by atoms with E-state index in [-0.39, 0.29) is 0 Å². The van der Waals surface area contributed by atoms with Crippen LogP contribution < -0.4 is 0 Å². The molecule has 5 nitrogen and oxygen atoms in total. The van der Waals surface area contributed by atoms with Gasteiger partial charge in [0.25, 0.3) is 0 Å². The molecule has 0 saturated heterocycles. The molecule has 0 heterocycles. The second-order valence-electron chi connectivity index (χ2n) is 8.77. The van der Waals surface area contributed by atoms with Gasteiger partial charge in [-0.1, -0.05) is 67.7 Å². The van der Waals surface area contributed by atoms with Gasteiger partial charge in [0.2, 0.25) is 0 Å². The highest BCUT2D eigenvalue weighted by Gasteiger charge is 2.40. The third-order valence-corrected chi connectivity index (χ3v) is 5.33. The molecule has 0 bridgehead atoms. The highest BCUT2D eigenvalue weighted by molar-refractivity contribution is 4.93. The Hall–Kier alpha value is -0.200. The molecule has 5 heteroatoms. The summed E-state index contributed by atoms with van der Waals surface area (Å²) in [6, 6.07) is 0. The van der Waals surface area contributed by atoms with E-state index in [2.05, 4.69) is 60.1 Å². The molecule has 0 aromatic heterocycles. The molecule has 1 unspecified atom stereocenters. The lowest BCUT2D eigenvalue weighted by Gasteiger charge is -2.06. The van der Waals surface area contributed by atoms with Gasteiger partial charge in [0, 0.05) is 55.4 Å². The van der Waals surface area contributed by atoms with Crippen molar-refractivity contribution >= 4 is 0 Å². The maximum Gasteiger partial charge on any atom is 0.0678 e. The van der Waals surface area contributed by atoms with E-state index in [1.807, 2.05) is 6.92 Å². The molecular weight excluding hydrogens is 428 g/mol. The van der Waals surface area contributed by atoms with Crippen molar-refractivity contribution in [1.82, 2.24) is 0 Å². The van der Waals surface area contributed by atoms with Crippen LogP contribution in [0.4, 0.5) is 0 Å². The molecule has 1 saturated carbocycles. The molecule has 34 heavy (non-hydrogen) atoms. The molecule has 1 fully saturated rings. The van der Waals surface area contributed by atoms with E-state index in [9.17, 15) is 0 Å². The quantitative estimate of drug-likeness (QED) is 0.253. The van der Waals surface area contributed by atoms with Crippen molar-refractivity contribution in [2.45, 2.75) is 132 Å². The van der Waals surface area contributed by atoms with Crippen LogP contribution in [0.15, 0.2) is 0 Å². The van der Waals surface area contributed by atoms with Crippen LogP contribution in [0.25, 0.3) is 0 Å². The summed E-state index contributed by atoms with van der Waals surface area (Å²) >= 11 is 0. The molecule has 0 aliphatic heterocycles. The van der Waals surface area contributed by atoms with E-state index in [1.54, 1.807) is 35.5 Å². The summed E-state index contributed by atoms with van der Waals surface area (Å²) < 4.78 is 24.2. The van der Waals surface area contributed by atoms with Crippen LogP contribution in [0.3, 0.4) is 0 Å². The molecule has 0 N–H and O–H groups in total. The Labute approximate surface area is 217 Å². The summed E-state index contributed by atoms with van der Waals surface area (Å²) in [6.07, 6.45) is 11.5. The van der Waals surface area contributed by atoms with Gasteiger partial charge >= 0.3 is 0 Å². The van der Waals surface area contributed by atoms with Gasteiger partial charge in [0.05, 0.1) is 11.7 Å². The zero-order valence-electron chi connectivity index (χ0n) is 26.2. The highest BCUT2D eigenvalue weighted by atomic mass is 16.5. The van der Waals surface area contributed by atoms with Crippen LogP contribution in [0.5, 0.6) is 0 Å². The maximum absolute atomic E-state index is 5.20. The Bertz CT molecular complexity index is 276. The molecule has 1 atom stereocenters. The monoisotopic (exact) mass is 497 g/mol. The molecule has 1 aliphatic carbocycles. The summed E-state index contributed by atoms with van der Waals surface area (Å²) in [7, 11) is 8.67. The van der Waals surface area contributed by atoms with Gasteiger partial charge in [-0.2, -0.15) is 0 Å². The smallest absolute Gasteiger partial charge is 0.0678 e. The summed E-state index contributed by atoms with van der Waals surface area (Å²) in [6.45, 7) is 21.8. The summed E-state index contributed by atoms with van der Waals surface area (Å²) in [5, 5.41) is 0. The van der Waals surface area contributed by atoms with Gasteiger partial charge in [0.1, 0.15) is 0 Å². The molecule has 1 aliphatic rings. The first-order chi connectivity index (χ1) is 16.1. The van der Waals surface area contributed by atoms with Crippen molar-refractivity contribution in [2.24, 2.45) is 5.92 Å². The van der Waals surface area contributed by atoms with E-state index in [0.29, 0.717) is 11.7 Å². The first kappa shape index (κ1) is 43.8. The normalized spacial score (nSPS) is 13.1. The van der Waals surface area contributed by atoms with Crippen molar-refractivity contribution in [3.05, 3.63) is 0 Å².